The third-order valence-electron chi connectivity index (χ3n) is 3.13. The fourth-order valence-corrected chi connectivity index (χ4v) is 3.25. The van der Waals surface area contributed by atoms with Gasteiger partial charge in [-0.1, -0.05) is 48.9 Å². The molecular weight excluding hydrogens is 313 g/mol. The van der Waals surface area contributed by atoms with Crippen molar-refractivity contribution in [3.63, 3.8) is 0 Å². The van der Waals surface area contributed by atoms with E-state index in [-0.39, 0.29) is 17.5 Å². The Labute approximate surface area is 128 Å². The summed E-state index contributed by atoms with van der Waals surface area (Å²) in [5.41, 5.74) is 1.01. The molecule has 0 aliphatic rings. The monoisotopic (exact) mass is 327 g/mol. The van der Waals surface area contributed by atoms with Crippen LogP contribution in [0.15, 0.2) is 53.4 Å². The maximum absolute atomic E-state index is 13.7. The molecule has 2 aromatic carbocycles. The lowest BCUT2D eigenvalue weighted by Crippen LogP contribution is -2.28. The molecule has 0 spiro atoms. The Morgan fingerprint density at radius 1 is 1.19 bits per heavy atom. The molecule has 3 nitrogen and oxygen atoms in total. The molecule has 0 fully saturated rings. The van der Waals surface area contributed by atoms with E-state index in [4.69, 9.17) is 11.6 Å². The number of rotatable bonds is 5. The second-order valence-corrected chi connectivity index (χ2v) is 6.91. The number of sulfonamides is 1. The number of halogens is 2. The normalized spacial score (nSPS) is 13.1. The molecule has 2 aromatic rings. The summed E-state index contributed by atoms with van der Waals surface area (Å²) in [6.07, 6.45) is 0. The SMILES string of the molecule is C[C@@H](CNS(=O)(=O)c1ccc(Cl)cc1F)c1ccccc1. The van der Waals surface area contributed by atoms with E-state index in [1.807, 2.05) is 37.3 Å². The zero-order chi connectivity index (χ0) is 15.5. The van der Waals surface area contributed by atoms with Gasteiger partial charge in [0.15, 0.2) is 0 Å². The summed E-state index contributed by atoms with van der Waals surface area (Å²) in [5.74, 6) is -0.876. The van der Waals surface area contributed by atoms with E-state index in [2.05, 4.69) is 4.72 Å². The summed E-state index contributed by atoms with van der Waals surface area (Å²) in [6, 6.07) is 13.0. The van der Waals surface area contributed by atoms with E-state index in [1.54, 1.807) is 0 Å². The highest BCUT2D eigenvalue weighted by molar-refractivity contribution is 7.89. The van der Waals surface area contributed by atoms with Crippen LogP contribution in [0.3, 0.4) is 0 Å². The van der Waals surface area contributed by atoms with Crippen LogP contribution >= 0.6 is 11.6 Å². The van der Waals surface area contributed by atoms with Crippen LogP contribution in [0, 0.1) is 5.82 Å². The average molecular weight is 328 g/mol. The first-order valence-electron chi connectivity index (χ1n) is 6.40. The quantitative estimate of drug-likeness (QED) is 0.912. The van der Waals surface area contributed by atoms with Gasteiger partial charge in [-0.05, 0) is 29.7 Å². The van der Waals surface area contributed by atoms with Gasteiger partial charge in [0.2, 0.25) is 10.0 Å². The van der Waals surface area contributed by atoms with Crippen LogP contribution in [-0.2, 0) is 10.0 Å². The van der Waals surface area contributed by atoms with Crippen LogP contribution in [0.5, 0.6) is 0 Å². The topological polar surface area (TPSA) is 46.2 Å². The van der Waals surface area contributed by atoms with Gasteiger partial charge in [0.05, 0.1) is 0 Å². The lowest BCUT2D eigenvalue weighted by Gasteiger charge is -2.13. The van der Waals surface area contributed by atoms with Gasteiger partial charge in [-0.25, -0.2) is 17.5 Å². The molecule has 0 radical (unpaired) electrons. The molecule has 0 saturated heterocycles. The predicted molar refractivity (Wildman–Crippen MR) is 81.5 cm³/mol. The van der Waals surface area contributed by atoms with Crippen LogP contribution in [-0.4, -0.2) is 15.0 Å². The Hall–Kier alpha value is -1.43. The first-order valence-corrected chi connectivity index (χ1v) is 8.26. The van der Waals surface area contributed by atoms with Crippen molar-refractivity contribution in [3.05, 3.63) is 64.9 Å². The summed E-state index contributed by atoms with van der Waals surface area (Å²) in [7, 11) is -3.89. The summed E-state index contributed by atoms with van der Waals surface area (Å²) >= 11 is 5.62. The summed E-state index contributed by atoms with van der Waals surface area (Å²) < 4.78 is 40.3. The Balaban J connectivity index is 2.11. The van der Waals surface area contributed by atoms with Crippen LogP contribution in [0.4, 0.5) is 4.39 Å². The number of benzene rings is 2. The smallest absolute Gasteiger partial charge is 0.210 e. The highest BCUT2D eigenvalue weighted by atomic mass is 35.5. The van der Waals surface area contributed by atoms with Crippen LogP contribution in [0.2, 0.25) is 5.02 Å². The highest BCUT2D eigenvalue weighted by Gasteiger charge is 2.20. The molecule has 6 heteroatoms. The minimum atomic E-state index is -3.89. The molecule has 0 aromatic heterocycles. The molecule has 0 heterocycles. The van der Waals surface area contributed by atoms with Gasteiger partial charge in [-0.3, -0.25) is 0 Å². The van der Waals surface area contributed by atoms with Gasteiger partial charge in [-0.15, -0.1) is 0 Å². The summed E-state index contributed by atoms with van der Waals surface area (Å²) in [6.45, 7) is 2.09. The molecule has 0 bridgehead atoms. The van der Waals surface area contributed by atoms with E-state index < -0.39 is 20.7 Å². The molecule has 0 aliphatic carbocycles. The van der Waals surface area contributed by atoms with Crippen LogP contribution in [0.1, 0.15) is 18.4 Å². The Morgan fingerprint density at radius 2 is 1.86 bits per heavy atom. The van der Waals surface area contributed by atoms with Gasteiger partial charge >= 0.3 is 0 Å². The van der Waals surface area contributed by atoms with Crippen molar-refractivity contribution in [1.82, 2.24) is 4.72 Å². The van der Waals surface area contributed by atoms with Gasteiger partial charge in [0.25, 0.3) is 0 Å². The Kier molecular flexibility index (Phi) is 4.98. The molecular formula is C15H15ClFNO2S. The maximum Gasteiger partial charge on any atom is 0.243 e. The number of hydrogen-bond donors (Lipinski definition) is 1. The van der Waals surface area contributed by atoms with E-state index >= 15 is 0 Å². The lowest BCUT2D eigenvalue weighted by molar-refractivity contribution is 0.553. The van der Waals surface area contributed by atoms with Crippen molar-refractivity contribution in [2.75, 3.05) is 6.54 Å². The van der Waals surface area contributed by atoms with Crippen molar-refractivity contribution >= 4 is 21.6 Å². The predicted octanol–water partition coefficient (Wildman–Crippen LogP) is 3.56. The molecule has 0 aliphatic heterocycles. The van der Waals surface area contributed by atoms with E-state index in [9.17, 15) is 12.8 Å². The molecule has 112 valence electrons. The number of hydrogen-bond acceptors (Lipinski definition) is 2. The molecule has 0 unspecified atom stereocenters. The lowest BCUT2D eigenvalue weighted by atomic mass is 10.0. The fraction of sp³-hybridized carbons (Fsp3) is 0.200. The first-order chi connectivity index (χ1) is 9.90. The van der Waals surface area contributed by atoms with Crippen LogP contribution < -0.4 is 4.72 Å². The van der Waals surface area contributed by atoms with Gasteiger partial charge in [0, 0.05) is 11.6 Å². The third kappa shape index (κ3) is 4.03. The van der Waals surface area contributed by atoms with Crippen molar-refractivity contribution in [2.24, 2.45) is 0 Å². The standard InChI is InChI=1S/C15H15ClFNO2S/c1-11(12-5-3-2-4-6-12)10-18-21(19,20)15-8-7-13(16)9-14(15)17/h2-9,11,18H,10H2,1H3/t11-/m0/s1. The van der Waals surface area contributed by atoms with E-state index in [0.29, 0.717) is 0 Å². The van der Waals surface area contributed by atoms with Gasteiger partial charge in [-0.2, -0.15) is 0 Å². The minimum absolute atomic E-state index is 0.0173. The van der Waals surface area contributed by atoms with E-state index in [0.717, 1.165) is 17.7 Å². The molecule has 0 saturated carbocycles. The summed E-state index contributed by atoms with van der Waals surface area (Å²) in [5, 5.41) is 0.157. The second-order valence-electron chi connectivity index (χ2n) is 4.74. The second kappa shape index (κ2) is 6.56. The zero-order valence-electron chi connectivity index (χ0n) is 11.4. The van der Waals surface area contributed by atoms with Crippen molar-refractivity contribution in [1.29, 1.82) is 0 Å². The van der Waals surface area contributed by atoms with Crippen molar-refractivity contribution in [3.8, 4) is 0 Å². The largest absolute Gasteiger partial charge is 0.243 e. The molecule has 0 amide bonds. The van der Waals surface area contributed by atoms with Crippen LogP contribution in [0.25, 0.3) is 0 Å². The van der Waals surface area contributed by atoms with Gasteiger partial charge in [0.1, 0.15) is 10.7 Å². The minimum Gasteiger partial charge on any atom is -0.210 e. The average Bonchev–Trinajstić information content (AvgIpc) is 2.45. The molecule has 21 heavy (non-hydrogen) atoms. The molecule has 1 atom stereocenters. The van der Waals surface area contributed by atoms with Gasteiger partial charge < -0.3 is 0 Å². The Morgan fingerprint density at radius 3 is 2.48 bits per heavy atom. The molecule has 2 rings (SSSR count). The van der Waals surface area contributed by atoms with E-state index in [1.165, 1.54) is 6.07 Å². The summed E-state index contributed by atoms with van der Waals surface area (Å²) in [4.78, 5) is -0.396. The first kappa shape index (κ1) is 15.9. The zero-order valence-corrected chi connectivity index (χ0v) is 13.0. The highest BCUT2D eigenvalue weighted by Crippen LogP contribution is 2.20. The van der Waals surface area contributed by atoms with Crippen molar-refractivity contribution < 1.29 is 12.8 Å². The Bertz CT molecular complexity index is 720. The molecule has 1 N–H and O–H groups in total. The number of nitrogens with one attached hydrogen (secondary N) is 1. The maximum atomic E-state index is 13.7. The third-order valence-corrected chi connectivity index (χ3v) is 4.82. The van der Waals surface area contributed by atoms with Crippen molar-refractivity contribution in [2.45, 2.75) is 17.7 Å². The fourth-order valence-electron chi connectivity index (χ4n) is 1.91.